The Kier molecular flexibility index (Phi) is 4.88. The Balaban J connectivity index is 2.01. The van der Waals surface area contributed by atoms with E-state index in [2.05, 4.69) is 16.8 Å². The minimum absolute atomic E-state index is 0.695. The van der Waals surface area contributed by atoms with Gasteiger partial charge >= 0.3 is 0 Å². The second kappa shape index (κ2) is 7.45. The van der Waals surface area contributed by atoms with Gasteiger partial charge in [-0.3, -0.25) is 0 Å². The van der Waals surface area contributed by atoms with E-state index >= 15 is 0 Å². The van der Waals surface area contributed by atoms with Crippen LogP contribution in [0.1, 0.15) is 11.1 Å². The van der Waals surface area contributed by atoms with Gasteiger partial charge in [-0.1, -0.05) is 66.1 Å². The number of hydrogen-bond donors (Lipinski definition) is 0. The summed E-state index contributed by atoms with van der Waals surface area (Å²) in [6, 6.07) is 27.3. The van der Waals surface area contributed by atoms with Crippen LogP contribution in [-0.2, 0) is 0 Å². The molecule has 3 rings (SSSR count). The Labute approximate surface area is 141 Å². The van der Waals surface area contributed by atoms with Crippen molar-refractivity contribution in [3.63, 3.8) is 0 Å². The molecule has 23 heavy (non-hydrogen) atoms. The van der Waals surface area contributed by atoms with E-state index in [0.717, 1.165) is 22.5 Å². The number of rotatable bonds is 2. The maximum Gasteiger partial charge on any atom is 0.121 e. The molecular formula is C21H14ClN. The zero-order valence-corrected chi connectivity index (χ0v) is 13.2. The Bertz CT molecular complexity index is 854. The molecule has 0 aliphatic rings. The van der Waals surface area contributed by atoms with Crippen LogP contribution in [0, 0.1) is 11.8 Å². The predicted molar refractivity (Wildman–Crippen MR) is 97.4 cm³/mol. The molecule has 0 spiro atoms. The van der Waals surface area contributed by atoms with E-state index < -0.39 is 0 Å². The molecule has 0 bridgehead atoms. The lowest BCUT2D eigenvalue weighted by molar-refractivity contribution is 1.51. The van der Waals surface area contributed by atoms with Gasteiger partial charge in [-0.2, -0.15) is 0 Å². The quantitative estimate of drug-likeness (QED) is 0.436. The van der Waals surface area contributed by atoms with Crippen LogP contribution in [0.5, 0.6) is 0 Å². The van der Waals surface area contributed by atoms with Crippen LogP contribution in [0.25, 0.3) is 0 Å². The van der Waals surface area contributed by atoms with E-state index in [-0.39, 0.29) is 0 Å². The molecule has 0 atom stereocenters. The molecule has 3 aromatic rings. The van der Waals surface area contributed by atoms with E-state index in [0.29, 0.717) is 5.02 Å². The lowest BCUT2D eigenvalue weighted by Gasteiger charge is -2.00. The fourth-order valence-electron chi connectivity index (χ4n) is 2.06. The molecule has 0 N–H and O–H groups in total. The summed E-state index contributed by atoms with van der Waals surface area (Å²) in [6.45, 7) is 0. The van der Waals surface area contributed by atoms with Crippen molar-refractivity contribution < 1.29 is 0 Å². The van der Waals surface area contributed by atoms with E-state index in [1.165, 1.54) is 0 Å². The molecule has 0 aliphatic carbocycles. The highest BCUT2D eigenvalue weighted by Crippen LogP contribution is 2.17. The van der Waals surface area contributed by atoms with Crippen molar-refractivity contribution in [2.45, 2.75) is 0 Å². The lowest BCUT2D eigenvalue weighted by atomic mass is 10.1. The monoisotopic (exact) mass is 315 g/mol. The van der Waals surface area contributed by atoms with Crippen LogP contribution in [0.3, 0.4) is 0 Å². The topological polar surface area (TPSA) is 12.4 Å². The molecule has 0 aliphatic heterocycles. The van der Waals surface area contributed by atoms with Crippen molar-refractivity contribution in [2.24, 2.45) is 4.99 Å². The number of halogens is 1. The number of hydrogen-bond acceptors (Lipinski definition) is 1. The number of aliphatic imine (C=N–C) groups is 1. The van der Waals surface area contributed by atoms with Gasteiger partial charge in [0, 0.05) is 16.1 Å². The van der Waals surface area contributed by atoms with Gasteiger partial charge in [0.05, 0.1) is 5.69 Å². The van der Waals surface area contributed by atoms with Gasteiger partial charge in [0.2, 0.25) is 0 Å². The molecule has 0 fully saturated rings. The average Bonchev–Trinajstić information content (AvgIpc) is 2.62. The summed E-state index contributed by atoms with van der Waals surface area (Å²) in [7, 11) is 0. The van der Waals surface area contributed by atoms with Crippen LogP contribution >= 0.6 is 11.6 Å². The van der Waals surface area contributed by atoms with Crippen molar-refractivity contribution in [3.05, 3.63) is 101 Å². The third-order valence-corrected chi connectivity index (χ3v) is 3.47. The molecule has 0 unspecified atom stereocenters. The molecule has 0 amide bonds. The minimum atomic E-state index is 0.695. The minimum Gasteiger partial charge on any atom is -0.239 e. The van der Waals surface area contributed by atoms with Crippen molar-refractivity contribution in [1.82, 2.24) is 0 Å². The van der Waals surface area contributed by atoms with E-state index in [9.17, 15) is 0 Å². The first-order chi connectivity index (χ1) is 11.3. The second-order valence-corrected chi connectivity index (χ2v) is 5.36. The van der Waals surface area contributed by atoms with Crippen molar-refractivity contribution in [1.29, 1.82) is 0 Å². The third-order valence-electron chi connectivity index (χ3n) is 3.21. The Morgan fingerprint density at radius 1 is 0.739 bits per heavy atom. The van der Waals surface area contributed by atoms with Crippen molar-refractivity contribution in [2.75, 3.05) is 0 Å². The highest BCUT2D eigenvalue weighted by atomic mass is 35.5. The largest absolute Gasteiger partial charge is 0.239 e. The second-order valence-electron chi connectivity index (χ2n) is 4.92. The summed E-state index contributed by atoms with van der Waals surface area (Å²) >= 11 is 5.93. The average molecular weight is 316 g/mol. The fraction of sp³-hybridized carbons (Fsp3) is 0. The highest BCUT2D eigenvalue weighted by molar-refractivity contribution is 6.30. The molecule has 0 aromatic heterocycles. The summed E-state index contributed by atoms with van der Waals surface area (Å²) in [6.07, 6.45) is 0. The zero-order valence-electron chi connectivity index (χ0n) is 12.4. The molecule has 110 valence electrons. The molecule has 3 aromatic carbocycles. The van der Waals surface area contributed by atoms with Gasteiger partial charge < -0.3 is 0 Å². The van der Waals surface area contributed by atoms with Gasteiger partial charge in [0.15, 0.2) is 0 Å². The maximum absolute atomic E-state index is 5.93. The SMILES string of the molecule is Clc1ccc(N=C(C#Cc2ccccc2)c2ccccc2)cc1. The first kappa shape index (κ1) is 15.1. The van der Waals surface area contributed by atoms with Crippen LogP contribution in [0.4, 0.5) is 5.69 Å². The Morgan fingerprint density at radius 3 is 2.00 bits per heavy atom. The molecule has 1 nitrogen and oxygen atoms in total. The van der Waals surface area contributed by atoms with Gasteiger partial charge in [-0.25, -0.2) is 4.99 Å². The van der Waals surface area contributed by atoms with Gasteiger partial charge in [-0.15, -0.1) is 0 Å². The van der Waals surface area contributed by atoms with Crippen LogP contribution in [0.2, 0.25) is 5.02 Å². The van der Waals surface area contributed by atoms with Gasteiger partial charge in [0.1, 0.15) is 5.71 Å². The predicted octanol–water partition coefficient (Wildman–Crippen LogP) is 5.51. The normalized spacial score (nSPS) is 10.7. The Morgan fingerprint density at radius 2 is 1.35 bits per heavy atom. The van der Waals surface area contributed by atoms with E-state index in [1.54, 1.807) is 0 Å². The zero-order chi connectivity index (χ0) is 15.9. The third kappa shape index (κ3) is 4.32. The molecular weight excluding hydrogens is 302 g/mol. The summed E-state index contributed by atoms with van der Waals surface area (Å²) < 4.78 is 0. The molecule has 0 saturated carbocycles. The summed E-state index contributed by atoms with van der Waals surface area (Å²) in [4.78, 5) is 4.67. The maximum atomic E-state index is 5.93. The molecule has 2 heteroatoms. The number of benzene rings is 3. The van der Waals surface area contributed by atoms with Crippen LogP contribution in [0.15, 0.2) is 89.9 Å². The lowest BCUT2D eigenvalue weighted by Crippen LogP contribution is -1.96. The summed E-state index contributed by atoms with van der Waals surface area (Å²) in [5.74, 6) is 6.35. The van der Waals surface area contributed by atoms with E-state index in [1.807, 2.05) is 84.9 Å². The Hall–Kier alpha value is -2.82. The van der Waals surface area contributed by atoms with Gasteiger partial charge in [-0.05, 0) is 42.3 Å². The van der Waals surface area contributed by atoms with Crippen molar-refractivity contribution >= 4 is 23.0 Å². The van der Waals surface area contributed by atoms with Crippen LogP contribution in [-0.4, -0.2) is 5.71 Å². The smallest absolute Gasteiger partial charge is 0.121 e. The van der Waals surface area contributed by atoms with Crippen LogP contribution < -0.4 is 0 Å². The molecule has 0 saturated heterocycles. The fourth-order valence-corrected chi connectivity index (χ4v) is 2.18. The first-order valence-corrected chi connectivity index (χ1v) is 7.66. The van der Waals surface area contributed by atoms with Gasteiger partial charge in [0.25, 0.3) is 0 Å². The number of nitrogens with zero attached hydrogens (tertiary/aromatic N) is 1. The molecule has 0 radical (unpaired) electrons. The van der Waals surface area contributed by atoms with Crippen molar-refractivity contribution in [3.8, 4) is 11.8 Å². The summed E-state index contributed by atoms with van der Waals surface area (Å²) in [5.41, 5.74) is 3.52. The standard InChI is InChI=1S/C21H14ClN/c22-19-12-14-20(15-13-19)23-21(18-9-5-2-6-10-18)16-11-17-7-3-1-4-8-17/h1-10,12-15H. The molecule has 0 heterocycles. The summed E-state index contributed by atoms with van der Waals surface area (Å²) in [5, 5.41) is 0.695. The first-order valence-electron chi connectivity index (χ1n) is 7.28. The highest BCUT2D eigenvalue weighted by Gasteiger charge is 2.00. The van der Waals surface area contributed by atoms with E-state index in [4.69, 9.17) is 11.6 Å².